The molecule has 0 heterocycles. The standard InChI is InChI=1S/C14H30N2OS/c1-11(2)13(7-9-15)5-6-14(17)16-12(3)8-10-18-4/h11-13H,5-10,15H2,1-4H3,(H,16,17). The lowest BCUT2D eigenvalue weighted by Crippen LogP contribution is -2.33. The molecule has 0 bridgehead atoms. The second-order valence-electron chi connectivity index (χ2n) is 5.37. The van der Waals surface area contributed by atoms with E-state index in [4.69, 9.17) is 5.73 Å². The smallest absolute Gasteiger partial charge is 0.220 e. The topological polar surface area (TPSA) is 55.1 Å². The molecular formula is C14H30N2OS. The van der Waals surface area contributed by atoms with Gasteiger partial charge in [-0.2, -0.15) is 11.8 Å². The zero-order valence-electron chi connectivity index (χ0n) is 12.4. The van der Waals surface area contributed by atoms with Crippen molar-refractivity contribution in [2.75, 3.05) is 18.6 Å². The molecule has 0 aliphatic carbocycles. The molecule has 0 aromatic rings. The average Bonchev–Trinajstić information content (AvgIpc) is 2.31. The monoisotopic (exact) mass is 274 g/mol. The van der Waals surface area contributed by atoms with Crippen LogP contribution in [0.4, 0.5) is 0 Å². The van der Waals surface area contributed by atoms with E-state index in [9.17, 15) is 4.79 Å². The van der Waals surface area contributed by atoms with E-state index in [1.54, 1.807) is 0 Å². The van der Waals surface area contributed by atoms with Gasteiger partial charge in [-0.15, -0.1) is 0 Å². The zero-order valence-corrected chi connectivity index (χ0v) is 13.2. The van der Waals surface area contributed by atoms with E-state index in [1.807, 2.05) is 11.8 Å². The molecule has 3 nitrogen and oxygen atoms in total. The number of carbonyl (C=O) groups is 1. The first kappa shape index (κ1) is 17.8. The van der Waals surface area contributed by atoms with Crippen LogP contribution in [0.15, 0.2) is 0 Å². The minimum Gasteiger partial charge on any atom is -0.354 e. The van der Waals surface area contributed by atoms with Gasteiger partial charge in [0, 0.05) is 12.5 Å². The van der Waals surface area contributed by atoms with Gasteiger partial charge in [0.2, 0.25) is 5.91 Å². The van der Waals surface area contributed by atoms with Gasteiger partial charge in [0.05, 0.1) is 0 Å². The number of nitrogens with one attached hydrogen (secondary N) is 1. The molecule has 0 fully saturated rings. The fourth-order valence-electron chi connectivity index (χ4n) is 2.06. The number of thioether (sulfide) groups is 1. The molecule has 0 saturated carbocycles. The van der Waals surface area contributed by atoms with Gasteiger partial charge in [-0.1, -0.05) is 13.8 Å². The van der Waals surface area contributed by atoms with Crippen LogP contribution in [0.2, 0.25) is 0 Å². The van der Waals surface area contributed by atoms with Gasteiger partial charge >= 0.3 is 0 Å². The third kappa shape index (κ3) is 8.81. The lowest BCUT2D eigenvalue weighted by atomic mass is 9.88. The summed E-state index contributed by atoms with van der Waals surface area (Å²) in [6, 6.07) is 0.289. The van der Waals surface area contributed by atoms with Crippen LogP contribution in [0.1, 0.15) is 46.5 Å². The van der Waals surface area contributed by atoms with Crippen LogP contribution >= 0.6 is 11.8 Å². The van der Waals surface area contributed by atoms with Crippen molar-refractivity contribution < 1.29 is 4.79 Å². The van der Waals surface area contributed by atoms with Crippen LogP contribution in [0.5, 0.6) is 0 Å². The van der Waals surface area contributed by atoms with E-state index in [1.165, 1.54) is 0 Å². The van der Waals surface area contributed by atoms with Crippen LogP contribution in [0, 0.1) is 11.8 Å². The predicted octanol–water partition coefficient (Wildman–Crippen LogP) is 2.65. The van der Waals surface area contributed by atoms with E-state index in [2.05, 4.69) is 32.3 Å². The van der Waals surface area contributed by atoms with Crippen molar-refractivity contribution >= 4 is 17.7 Å². The van der Waals surface area contributed by atoms with Crippen LogP contribution in [0.3, 0.4) is 0 Å². The van der Waals surface area contributed by atoms with Crippen molar-refractivity contribution in [1.29, 1.82) is 0 Å². The molecule has 2 unspecified atom stereocenters. The quantitative estimate of drug-likeness (QED) is 0.644. The Morgan fingerprint density at radius 2 is 1.89 bits per heavy atom. The molecule has 0 aliphatic rings. The molecule has 0 aromatic heterocycles. The van der Waals surface area contributed by atoms with Gasteiger partial charge in [0.25, 0.3) is 0 Å². The van der Waals surface area contributed by atoms with Crippen molar-refractivity contribution in [2.45, 2.75) is 52.5 Å². The van der Waals surface area contributed by atoms with Crippen LogP contribution in [-0.2, 0) is 4.79 Å². The molecule has 0 aromatic carbocycles. The first-order chi connectivity index (χ1) is 8.51. The number of hydrogen-bond acceptors (Lipinski definition) is 3. The van der Waals surface area contributed by atoms with E-state index < -0.39 is 0 Å². The summed E-state index contributed by atoms with van der Waals surface area (Å²) in [7, 11) is 0. The average molecular weight is 274 g/mol. The van der Waals surface area contributed by atoms with Gasteiger partial charge in [-0.3, -0.25) is 4.79 Å². The van der Waals surface area contributed by atoms with Crippen LogP contribution < -0.4 is 11.1 Å². The summed E-state index contributed by atoms with van der Waals surface area (Å²) in [6.07, 6.45) is 5.74. The zero-order chi connectivity index (χ0) is 14.0. The molecule has 108 valence electrons. The first-order valence-electron chi connectivity index (χ1n) is 6.99. The lowest BCUT2D eigenvalue weighted by Gasteiger charge is -2.20. The van der Waals surface area contributed by atoms with Crippen molar-refractivity contribution in [2.24, 2.45) is 17.6 Å². The van der Waals surface area contributed by atoms with Crippen molar-refractivity contribution in [3.63, 3.8) is 0 Å². The van der Waals surface area contributed by atoms with E-state index >= 15 is 0 Å². The number of carbonyl (C=O) groups excluding carboxylic acids is 1. The Labute approximate surface area is 117 Å². The Morgan fingerprint density at radius 3 is 2.39 bits per heavy atom. The molecule has 3 N–H and O–H groups in total. The van der Waals surface area contributed by atoms with E-state index in [-0.39, 0.29) is 11.9 Å². The summed E-state index contributed by atoms with van der Waals surface area (Å²) in [5.41, 5.74) is 5.61. The summed E-state index contributed by atoms with van der Waals surface area (Å²) in [4.78, 5) is 11.8. The first-order valence-corrected chi connectivity index (χ1v) is 8.39. The maximum absolute atomic E-state index is 11.8. The van der Waals surface area contributed by atoms with Crippen LogP contribution in [0.25, 0.3) is 0 Å². The molecular weight excluding hydrogens is 244 g/mol. The van der Waals surface area contributed by atoms with Crippen molar-refractivity contribution in [3.05, 3.63) is 0 Å². The van der Waals surface area contributed by atoms with Gasteiger partial charge in [-0.05, 0) is 56.6 Å². The second kappa shape index (κ2) is 10.7. The summed E-state index contributed by atoms with van der Waals surface area (Å²) in [6.45, 7) is 7.21. The molecule has 0 spiro atoms. The third-order valence-electron chi connectivity index (χ3n) is 3.38. The van der Waals surface area contributed by atoms with E-state index in [0.29, 0.717) is 24.8 Å². The Morgan fingerprint density at radius 1 is 1.22 bits per heavy atom. The Hall–Kier alpha value is -0.220. The summed E-state index contributed by atoms with van der Waals surface area (Å²) >= 11 is 1.82. The highest BCUT2D eigenvalue weighted by atomic mass is 32.2. The molecule has 4 heteroatoms. The molecule has 0 saturated heterocycles. The number of rotatable bonds is 10. The van der Waals surface area contributed by atoms with Gasteiger partial charge < -0.3 is 11.1 Å². The summed E-state index contributed by atoms with van der Waals surface area (Å²) < 4.78 is 0. The van der Waals surface area contributed by atoms with Crippen molar-refractivity contribution in [3.8, 4) is 0 Å². The highest BCUT2D eigenvalue weighted by molar-refractivity contribution is 7.98. The number of amides is 1. The van der Waals surface area contributed by atoms with Gasteiger partial charge in [0.15, 0.2) is 0 Å². The summed E-state index contributed by atoms with van der Waals surface area (Å²) in [5.74, 6) is 2.47. The number of nitrogens with two attached hydrogens (primary N) is 1. The molecule has 2 atom stereocenters. The minimum absolute atomic E-state index is 0.186. The molecule has 0 rings (SSSR count). The molecule has 0 aliphatic heterocycles. The van der Waals surface area contributed by atoms with E-state index in [0.717, 1.165) is 25.0 Å². The fraction of sp³-hybridized carbons (Fsp3) is 0.929. The Balaban J connectivity index is 3.86. The molecule has 18 heavy (non-hydrogen) atoms. The number of hydrogen-bond donors (Lipinski definition) is 2. The normalized spacial score (nSPS) is 14.6. The fourth-order valence-corrected chi connectivity index (χ4v) is 2.64. The Kier molecular flexibility index (Phi) is 10.5. The highest BCUT2D eigenvalue weighted by Gasteiger charge is 2.15. The summed E-state index contributed by atoms with van der Waals surface area (Å²) in [5, 5.41) is 3.07. The van der Waals surface area contributed by atoms with Gasteiger partial charge in [0.1, 0.15) is 0 Å². The maximum Gasteiger partial charge on any atom is 0.220 e. The SMILES string of the molecule is CSCCC(C)NC(=O)CCC(CCN)C(C)C. The van der Waals surface area contributed by atoms with Gasteiger partial charge in [-0.25, -0.2) is 0 Å². The van der Waals surface area contributed by atoms with Crippen molar-refractivity contribution in [1.82, 2.24) is 5.32 Å². The highest BCUT2D eigenvalue weighted by Crippen LogP contribution is 2.20. The lowest BCUT2D eigenvalue weighted by molar-refractivity contribution is -0.122. The minimum atomic E-state index is 0.186. The molecule has 0 radical (unpaired) electrons. The Bertz CT molecular complexity index is 222. The van der Waals surface area contributed by atoms with Crippen LogP contribution in [-0.4, -0.2) is 30.5 Å². The maximum atomic E-state index is 11.8. The third-order valence-corrected chi connectivity index (χ3v) is 4.03. The second-order valence-corrected chi connectivity index (χ2v) is 6.36. The largest absolute Gasteiger partial charge is 0.354 e. The predicted molar refractivity (Wildman–Crippen MR) is 81.8 cm³/mol. The molecule has 1 amide bonds.